The van der Waals surface area contributed by atoms with Gasteiger partial charge in [-0.15, -0.1) is 0 Å². The Morgan fingerprint density at radius 3 is 2.74 bits per heavy atom. The average molecular weight is 259 g/mol. The Labute approximate surface area is 111 Å². The summed E-state index contributed by atoms with van der Waals surface area (Å²) >= 11 is 0. The molecule has 0 aliphatic rings. The van der Waals surface area contributed by atoms with Crippen molar-refractivity contribution in [1.82, 2.24) is 15.0 Å². The van der Waals surface area contributed by atoms with Crippen LogP contribution in [-0.4, -0.2) is 26.3 Å². The second-order valence-corrected chi connectivity index (χ2v) is 5.30. The average Bonchev–Trinajstić information content (AvgIpc) is 2.68. The number of ketones is 1. The van der Waals surface area contributed by atoms with Crippen LogP contribution in [0.5, 0.6) is 5.88 Å². The maximum Gasteiger partial charge on any atom is 0.227 e. The van der Waals surface area contributed by atoms with E-state index in [1.807, 2.05) is 20.8 Å². The fourth-order valence-electron chi connectivity index (χ4n) is 1.66. The van der Waals surface area contributed by atoms with E-state index in [0.717, 1.165) is 10.9 Å². The molecule has 1 N–H and O–H groups in total. The van der Waals surface area contributed by atoms with Crippen LogP contribution in [0.25, 0.3) is 17.1 Å². The van der Waals surface area contributed by atoms with E-state index in [9.17, 15) is 4.79 Å². The predicted molar refractivity (Wildman–Crippen MR) is 74.0 cm³/mol. The molecule has 0 fully saturated rings. The Morgan fingerprint density at radius 2 is 2.11 bits per heavy atom. The lowest BCUT2D eigenvalue weighted by atomic mass is 10.2. The molecule has 2 aromatic rings. The number of nitrogens with one attached hydrogen (secondary N) is 1. The second-order valence-electron chi connectivity index (χ2n) is 5.30. The molecule has 0 bridgehead atoms. The van der Waals surface area contributed by atoms with Gasteiger partial charge in [0, 0.05) is 11.8 Å². The van der Waals surface area contributed by atoms with Gasteiger partial charge in [-0.25, -0.2) is 9.97 Å². The van der Waals surface area contributed by atoms with Gasteiger partial charge in [-0.3, -0.25) is 4.79 Å². The lowest BCUT2D eigenvalue weighted by Crippen LogP contribution is -2.23. The van der Waals surface area contributed by atoms with Gasteiger partial charge in [0.05, 0.1) is 5.39 Å². The quantitative estimate of drug-likeness (QED) is 0.860. The summed E-state index contributed by atoms with van der Waals surface area (Å²) in [5.41, 5.74) is 1.18. The molecule has 2 heterocycles. The van der Waals surface area contributed by atoms with Gasteiger partial charge in [-0.1, -0.05) is 0 Å². The van der Waals surface area contributed by atoms with Gasteiger partial charge in [0.15, 0.2) is 5.78 Å². The number of nitrogens with zero attached hydrogens (tertiary/aromatic N) is 2. The van der Waals surface area contributed by atoms with Crippen molar-refractivity contribution in [2.75, 3.05) is 0 Å². The van der Waals surface area contributed by atoms with Gasteiger partial charge in [-0.2, -0.15) is 0 Å². The molecule has 2 rings (SSSR count). The maximum atomic E-state index is 11.0. The number of ether oxygens (including phenoxy) is 1. The van der Waals surface area contributed by atoms with E-state index in [2.05, 4.69) is 15.0 Å². The SMILES string of the molecule is CC(=O)C=Cc1c[nH]c2ncnc(OC(C)(C)C)c12. The Kier molecular flexibility index (Phi) is 3.38. The molecule has 0 radical (unpaired) electrons. The Bertz CT molecular complexity index is 636. The number of fused-ring (bicyclic) bond motifs is 1. The molecule has 100 valence electrons. The number of hydrogen-bond acceptors (Lipinski definition) is 4. The van der Waals surface area contributed by atoms with Crippen molar-refractivity contribution in [3.63, 3.8) is 0 Å². The Morgan fingerprint density at radius 1 is 1.37 bits per heavy atom. The number of hydrogen-bond donors (Lipinski definition) is 1. The lowest BCUT2D eigenvalue weighted by molar-refractivity contribution is -0.112. The molecule has 0 aliphatic carbocycles. The van der Waals surface area contributed by atoms with E-state index in [1.54, 1.807) is 12.3 Å². The highest BCUT2D eigenvalue weighted by molar-refractivity contribution is 5.96. The zero-order valence-electron chi connectivity index (χ0n) is 11.5. The number of carbonyl (C=O) groups excluding carboxylic acids is 1. The van der Waals surface area contributed by atoms with E-state index >= 15 is 0 Å². The molecular weight excluding hydrogens is 242 g/mol. The first kappa shape index (κ1) is 13.3. The number of rotatable bonds is 3. The molecule has 0 unspecified atom stereocenters. The summed E-state index contributed by atoms with van der Waals surface area (Å²) in [4.78, 5) is 22.4. The molecule has 2 aromatic heterocycles. The van der Waals surface area contributed by atoms with Gasteiger partial charge in [-0.05, 0) is 39.8 Å². The Balaban J connectivity index is 2.52. The smallest absolute Gasteiger partial charge is 0.227 e. The van der Waals surface area contributed by atoms with Crippen molar-refractivity contribution in [2.24, 2.45) is 0 Å². The second kappa shape index (κ2) is 4.84. The summed E-state index contributed by atoms with van der Waals surface area (Å²) in [5, 5.41) is 0.787. The number of carbonyl (C=O) groups is 1. The molecule has 0 saturated carbocycles. The van der Waals surface area contributed by atoms with E-state index in [1.165, 1.54) is 19.3 Å². The van der Waals surface area contributed by atoms with Crippen LogP contribution in [0.2, 0.25) is 0 Å². The fraction of sp³-hybridized carbons (Fsp3) is 0.357. The summed E-state index contributed by atoms with van der Waals surface area (Å²) < 4.78 is 5.83. The summed E-state index contributed by atoms with van der Waals surface area (Å²) in [6.45, 7) is 7.38. The minimum atomic E-state index is -0.347. The molecule has 19 heavy (non-hydrogen) atoms. The largest absolute Gasteiger partial charge is 0.471 e. The van der Waals surface area contributed by atoms with Gasteiger partial charge < -0.3 is 9.72 Å². The highest BCUT2D eigenvalue weighted by Crippen LogP contribution is 2.28. The van der Waals surface area contributed by atoms with Crippen LogP contribution in [0, 0.1) is 0 Å². The van der Waals surface area contributed by atoms with Crippen LogP contribution in [0.1, 0.15) is 33.3 Å². The van der Waals surface area contributed by atoms with Crippen LogP contribution >= 0.6 is 0 Å². The van der Waals surface area contributed by atoms with Gasteiger partial charge >= 0.3 is 0 Å². The molecule has 5 nitrogen and oxygen atoms in total. The molecule has 0 amide bonds. The maximum absolute atomic E-state index is 11.0. The van der Waals surface area contributed by atoms with Crippen LogP contribution in [0.4, 0.5) is 0 Å². The van der Waals surface area contributed by atoms with Crippen LogP contribution < -0.4 is 4.74 Å². The summed E-state index contributed by atoms with van der Waals surface area (Å²) in [7, 11) is 0. The van der Waals surface area contributed by atoms with Crippen molar-refractivity contribution in [1.29, 1.82) is 0 Å². The normalized spacial score (nSPS) is 12.2. The van der Waals surface area contributed by atoms with Crippen molar-refractivity contribution in [3.05, 3.63) is 24.2 Å². The summed E-state index contributed by atoms with van der Waals surface area (Å²) in [5.74, 6) is 0.506. The summed E-state index contributed by atoms with van der Waals surface area (Å²) in [6.07, 6.45) is 6.49. The summed E-state index contributed by atoms with van der Waals surface area (Å²) in [6, 6.07) is 0. The fourth-order valence-corrected chi connectivity index (χ4v) is 1.66. The van der Waals surface area contributed by atoms with Gasteiger partial charge in [0.1, 0.15) is 17.6 Å². The van der Waals surface area contributed by atoms with Gasteiger partial charge in [0.25, 0.3) is 0 Å². The van der Waals surface area contributed by atoms with E-state index in [-0.39, 0.29) is 11.4 Å². The van der Waals surface area contributed by atoms with Crippen LogP contribution in [-0.2, 0) is 4.79 Å². The molecule has 0 aromatic carbocycles. The van der Waals surface area contributed by atoms with E-state index < -0.39 is 0 Å². The molecule has 0 spiro atoms. The third-order valence-electron chi connectivity index (χ3n) is 2.37. The third kappa shape index (κ3) is 3.19. The zero-order chi connectivity index (χ0) is 14.0. The minimum absolute atomic E-state index is 0.00973. The zero-order valence-corrected chi connectivity index (χ0v) is 11.5. The number of allylic oxidation sites excluding steroid dienone is 1. The molecule has 0 saturated heterocycles. The number of aromatic amines is 1. The monoisotopic (exact) mass is 259 g/mol. The third-order valence-corrected chi connectivity index (χ3v) is 2.37. The molecular formula is C14H17N3O2. The van der Waals surface area contributed by atoms with Crippen molar-refractivity contribution in [2.45, 2.75) is 33.3 Å². The van der Waals surface area contributed by atoms with Crippen LogP contribution in [0.3, 0.4) is 0 Å². The van der Waals surface area contributed by atoms with Crippen molar-refractivity contribution < 1.29 is 9.53 Å². The van der Waals surface area contributed by atoms with E-state index in [4.69, 9.17) is 4.74 Å². The Hall–Kier alpha value is -2.17. The van der Waals surface area contributed by atoms with Crippen molar-refractivity contribution >= 4 is 22.9 Å². The van der Waals surface area contributed by atoms with E-state index in [0.29, 0.717) is 11.5 Å². The number of aromatic nitrogens is 3. The number of H-pyrrole nitrogens is 1. The first-order chi connectivity index (χ1) is 8.87. The molecule has 0 aliphatic heterocycles. The highest BCUT2D eigenvalue weighted by atomic mass is 16.5. The minimum Gasteiger partial charge on any atom is -0.471 e. The van der Waals surface area contributed by atoms with Crippen molar-refractivity contribution in [3.8, 4) is 5.88 Å². The first-order valence-corrected chi connectivity index (χ1v) is 6.06. The first-order valence-electron chi connectivity index (χ1n) is 6.06. The molecule has 0 atom stereocenters. The predicted octanol–water partition coefficient (Wildman–Crippen LogP) is 2.74. The standard InChI is InChI=1S/C14H17N3O2/c1-9(18)5-6-10-7-15-12-11(10)13(17-8-16-12)19-14(2,3)4/h5-8H,1-4H3,(H,15,16,17). The van der Waals surface area contributed by atoms with Gasteiger partial charge in [0.2, 0.25) is 5.88 Å². The topological polar surface area (TPSA) is 67.9 Å². The van der Waals surface area contributed by atoms with Crippen LogP contribution in [0.15, 0.2) is 18.6 Å². The molecule has 5 heteroatoms. The highest BCUT2D eigenvalue weighted by Gasteiger charge is 2.17. The lowest BCUT2D eigenvalue weighted by Gasteiger charge is -2.20.